The molecule has 3 heteroatoms. The summed E-state index contributed by atoms with van der Waals surface area (Å²) < 4.78 is 13.6. The van der Waals surface area contributed by atoms with Gasteiger partial charge in [-0.05, 0) is 6.08 Å². The number of allylic oxidation sites excluding steroid dienone is 1. The van der Waals surface area contributed by atoms with Crippen LogP contribution in [0.5, 0.6) is 0 Å². The van der Waals surface area contributed by atoms with Gasteiger partial charge in [0.1, 0.15) is 0 Å². The number of hydrazone groups is 1. The van der Waals surface area contributed by atoms with Gasteiger partial charge in [0.05, 0.1) is 7.56 Å². The standard InChI is InChI=1S/C3H5N3/c1-2-4-6-5-3-1/h1-4,6H/i3D/hD. The average Bonchev–Trinajstić information content (AvgIpc) is 1.64. The van der Waals surface area contributed by atoms with E-state index in [1.165, 1.54) is 12.3 Å². The largest absolute Gasteiger partial charge is 0.292 e. The van der Waals surface area contributed by atoms with E-state index in [-0.39, 0.29) is 6.19 Å². The fraction of sp³-hybridized carbons (Fsp3) is 0. The van der Waals surface area contributed by atoms with Crippen LogP contribution in [0.25, 0.3) is 0 Å². The Balaban J connectivity index is 2.63. The maximum Gasteiger partial charge on any atom is 0.212 e. The maximum atomic E-state index is 6.86. The Hall–Kier alpha value is -0.990. The molecule has 3 nitrogen and oxygen atoms in total. The molecule has 0 amide bonds. The second kappa shape index (κ2) is 1.45. The van der Waals surface area contributed by atoms with Crippen molar-refractivity contribution in [2.75, 3.05) is 0 Å². The highest BCUT2D eigenvalue weighted by Gasteiger charge is 1.70. The van der Waals surface area contributed by atoms with Crippen molar-refractivity contribution in [1.29, 1.82) is 0 Å². The minimum atomic E-state index is 0.0822. The Labute approximate surface area is 38.6 Å². The summed E-state index contributed by atoms with van der Waals surface area (Å²) in [7, 11) is 0. The van der Waals surface area contributed by atoms with Crippen LogP contribution < -0.4 is 11.0 Å². The van der Waals surface area contributed by atoms with Gasteiger partial charge in [-0.2, -0.15) is 5.10 Å². The summed E-state index contributed by atoms with van der Waals surface area (Å²) in [4.78, 5) is 0. The van der Waals surface area contributed by atoms with Gasteiger partial charge < -0.3 is 0 Å². The van der Waals surface area contributed by atoms with Crippen molar-refractivity contribution in [1.82, 2.24) is 11.0 Å². The van der Waals surface area contributed by atoms with Gasteiger partial charge in [-0.1, -0.05) is 0 Å². The molecule has 1 heterocycles. The first kappa shape index (κ1) is 1.64. The van der Waals surface area contributed by atoms with Crippen molar-refractivity contribution in [3.8, 4) is 0 Å². The van der Waals surface area contributed by atoms with Crippen molar-refractivity contribution in [2.24, 2.45) is 5.10 Å². The molecule has 0 aromatic rings. The van der Waals surface area contributed by atoms with Crippen LogP contribution in [-0.2, 0) is 0 Å². The quantitative estimate of drug-likeness (QED) is 0.419. The number of hydrogen-bond donors (Lipinski definition) is 2. The Morgan fingerprint density at radius 2 is 3.00 bits per heavy atom. The van der Waals surface area contributed by atoms with Crippen LogP contribution in [0.3, 0.4) is 0 Å². The highest BCUT2D eigenvalue weighted by atomic mass is 15.5. The molecule has 0 saturated heterocycles. The molecule has 0 bridgehead atoms. The van der Waals surface area contributed by atoms with E-state index in [9.17, 15) is 0 Å². The van der Waals surface area contributed by atoms with Crippen molar-refractivity contribution >= 4 is 6.19 Å². The van der Waals surface area contributed by atoms with Gasteiger partial charge in [0.15, 0.2) is 0 Å². The number of hydrogen-bond acceptors (Lipinski definition) is 3. The van der Waals surface area contributed by atoms with Crippen LogP contribution in [0.4, 0.5) is 0 Å². The maximum absolute atomic E-state index is 6.86. The second-order valence-electron chi connectivity index (χ2n) is 0.792. The number of rotatable bonds is 0. The summed E-state index contributed by atoms with van der Waals surface area (Å²) in [5, 5.41) is 3.37. The molecule has 1 aliphatic rings. The summed E-state index contributed by atoms with van der Waals surface area (Å²) in [5.41, 5.74) is 3.15. The molecule has 6 heavy (non-hydrogen) atoms. The highest BCUT2D eigenvalue weighted by molar-refractivity contribution is 5.70. The molecule has 2 N–H and O–H groups in total. The van der Waals surface area contributed by atoms with Crippen molar-refractivity contribution in [3.05, 3.63) is 12.3 Å². The second-order valence-corrected chi connectivity index (χ2v) is 0.792. The minimum absolute atomic E-state index is 0.0822. The van der Waals surface area contributed by atoms with E-state index in [2.05, 4.69) is 10.5 Å². The minimum Gasteiger partial charge on any atom is -0.292 e. The van der Waals surface area contributed by atoms with Gasteiger partial charge >= 0.3 is 0 Å². The first-order chi connectivity index (χ1) is 3.79. The number of hydrazine groups is 1. The fourth-order valence-corrected chi connectivity index (χ4v) is 0.199. The van der Waals surface area contributed by atoms with Crippen LogP contribution in [0.1, 0.15) is 1.37 Å². The molecule has 0 radical (unpaired) electrons. The van der Waals surface area contributed by atoms with E-state index in [0.717, 1.165) is 5.53 Å². The van der Waals surface area contributed by atoms with E-state index in [1.54, 1.807) is 0 Å². The van der Waals surface area contributed by atoms with Crippen molar-refractivity contribution < 1.29 is 2.78 Å². The fourth-order valence-electron chi connectivity index (χ4n) is 0.199. The van der Waals surface area contributed by atoms with Crippen molar-refractivity contribution in [3.63, 3.8) is 0 Å². The lowest BCUT2D eigenvalue weighted by atomic mass is 10.7. The zero-order valence-corrected chi connectivity index (χ0v) is 3.05. The van der Waals surface area contributed by atoms with Crippen LogP contribution in [0.15, 0.2) is 17.4 Å². The summed E-state index contributed by atoms with van der Waals surface area (Å²) in [6.45, 7) is 0. The molecule has 0 atom stereocenters. The number of nitrogens with one attached hydrogen (secondary N) is 2. The molecular weight excluding hydrogens is 78.1 g/mol. The molecule has 0 aromatic carbocycles. The van der Waals surface area contributed by atoms with Gasteiger partial charge in [0.25, 0.3) is 0 Å². The molecule has 1 rings (SSSR count). The summed E-state index contributed by atoms with van der Waals surface area (Å²) >= 11 is 0. The molecular formula is C3H5N3. The molecule has 0 fully saturated rings. The predicted octanol–water partition coefficient (Wildman–Crippen LogP) is -0.406. The smallest absolute Gasteiger partial charge is 0.212 e. The molecule has 0 saturated carbocycles. The SMILES string of the molecule is [2H]C1=NN([2H])NC=C1. The molecule has 0 unspecified atom stereocenters. The third kappa shape index (κ3) is 0.484. The highest BCUT2D eigenvalue weighted by Crippen LogP contribution is 1.64. The van der Waals surface area contributed by atoms with Crippen LogP contribution in [-0.4, -0.2) is 6.19 Å². The predicted molar refractivity (Wildman–Crippen MR) is 23.9 cm³/mol. The normalized spacial score (nSPS) is 24.0. The molecule has 32 valence electrons. The zero-order chi connectivity index (χ0) is 5.98. The topological polar surface area (TPSA) is 36.4 Å². The summed E-state index contributed by atoms with van der Waals surface area (Å²) in [6, 6.07) is 0. The Morgan fingerprint density at radius 1 is 2.00 bits per heavy atom. The van der Waals surface area contributed by atoms with Gasteiger partial charge in [0, 0.05) is 6.20 Å². The first-order valence-corrected chi connectivity index (χ1v) is 1.56. The van der Waals surface area contributed by atoms with E-state index < -0.39 is 0 Å². The Morgan fingerprint density at radius 3 is 3.50 bits per heavy atom. The molecule has 0 spiro atoms. The van der Waals surface area contributed by atoms with E-state index >= 15 is 0 Å². The lowest BCUT2D eigenvalue weighted by molar-refractivity contribution is 0.664. The van der Waals surface area contributed by atoms with Gasteiger partial charge in [-0.25, -0.2) is 5.53 Å². The third-order valence-electron chi connectivity index (χ3n) is 0.398. The van der Waals surface area contributed by atoms with E-state index in [0.29, 0.717) is 0 Å². The first-order valence-electron chi connectivity index (χ1n) is 2.51. The summed E-state index contributed by atoms with van der Waals surface area (Å²) in [6.07, 6.45) is 3.02. The zero-order valence-electron chi connectivity index (χ0n) is 5.05. The Kier molecular flexibility index (Phi) is 0.395. The van der Waals surface area contributed by atoms with Gasteiger partial charge in [-0.15, -0.1) is 0 Å². The Bertz CT molecular complexity index is 141. The summed E-state index contributed by atoms with van der Waals surface area (Å²) in [5.74, 6) is 0. The number of nitrogens with zero attached hydrogens (tertiary/aromatic N) is 1. The average molecular weight is 85.1 g/mol. The lowest BCUT2D eigenvalue weighted by Crippen LogP contribution is -2.22. The van der Waals surface area contributed by atoms with Crippen LogP contribution in [0, 0.1) is 0 Å². The molecule has 1 aliphatic heterocycles. The van der Waals surface area contributed by atoms with E-state index in [1.807, 2.05) is 0 Å². The monoisotopic (exact) mass is 85.1 g/mol. The van der Waals surface area contributed by atoms with Crippen molar-refractivity contribution in [2.45, 2.75) is 0 Å². The lowest BCUT2D eigenvalue weighted by Gasteiger charge is -1.97. The molecule has 0 aromatic heterocycles. The van der Waals surface area contributed by atoms with Crippen LogP contribution >= 0.6 is 0 Å². The van der Waals surface area contributed by atoms with Gasteiger partial charge in [0.2, 0.25) is 1.41 Å². The van der Waals surface area contributed by atoms with Gasteiger partial charge in [-0.3, -0.25) is 5.43 Å². The van der Waals surface area contributed by atoms with E-state index in [4.69, 9.17) is 2.78 Å². The third-order valence-corrected chi connectivity index (χ3v) is 0.398. The molecule has 0 aliphatic carbocycles. The van der Waals surface area contributed by atoms with Crippen LogP contribution in [0.2, 0.25) is 1.41 Å².